The van der Waals surface area contributed by atoms with Gasteiger partial charge in [0.05, 0.1) is 16.0 Å². The highest BCUT2D eigenvalue weighted by Crippen LogP contribution is 2.39. The van der Waals surface area contributed by atoms with Crippen LogP contribution in [0.15, 0.2) is 45.8 Å². The summed E-state index contributed by atoms with van der Waals surface area (Å²) in [6.45, 7) is 3.42. The van der Waals surface area contributed by atoms with E-state index in [4.69, 9.17) is 9.47 Å². The van der Waals surface area contributed by atoms with E-state index in [2.05, 4.69) is 15.9 Å². The van der Waals surface area contributed by atoms with Gasteiger partial charge in [0.25, 0.3) is 11.1 Å². The summed E-state index contributed by atoms with van der Waals surface area (Å²) in [5.74, 6) is -0.162. The lowest BCUT2D eigenvalue weighted by Crippen LogP contribution is -2.44. The molecule has 2 aromatic rings. The van der Waals surface area contributed by atoms with E-state index in [0.717, 1.165) is 35.9 Å². The number of piperidine rings is 1. The van der Waals surface area contributed by atoms with Crippen LogP contribution in [0.3, 0.4) is 0 Å². The van der Waals surface area contributed by atoms with Crippen molar-refractivity contribution in [1.82, 2.24) is 9.80 Å². The van der Waals surface area contributed by atoms with Gasteiger partial charge in [0.15, 0.2) is 11.5 Å². The van der Waals surface area contributed by atoms with Gasteiger partial charge in [-0.3, -0.25) is 19.3 Å². The number of carbonyl (C=O) groups excluding carboxylic acids is 3. The predicted octanol–water partition coefficient (Wildman–Crippen LogP) is 5.61. The van der Waals surface area contributed by atoms with Gasteiger partial charge in [-0.25, -0.2) is 4.39 Å². The van der Waals surface area contributed by atoms with Crippen LogP contribution in [0.2, 0.25) is 0 Å². The number of nitrogens with zero attached hydrogens (tertiary/aromatic N) is 2. The number of amides is 3. The minimum Gasteiger partial charge on any atom is -0.490 e. The zero-order valence-corrected chi connectivity index (χ0v) is 22.2. The number of thioether (sulfide) groups is 1. The molecule has 2 aliphatic heterocycles. The first-order valence-corrected chi connectivity index (χ1v) is 13.3. The van der Waals surface area contributed by atoms with E-state index in [1.54, 1.807) is 35.2 Å². The summed E-state index contributed by atoms with van der Waals surface area (Å²) in [6, 6.07) is 9.60. The largest absolute Gasteiger partial charge is 0.490 e. The predicted molar refractivity (Wildman–Crippen MR) is 139 cm³/mol. The average molecular weight is 577 g/mol. The molecule has 0 N–H and O–H groups in total. The Bertz CT molecular complexity index is 1200. The number of imide groups is 1. The van der Waals surface area contributed by atoms with Gasteiger partial charge in [-0.15, -0.1) is 0 Å². The van der Waals surface area contributed by atoms with Gasteiger partial charge >= 0.3 is 0 Å². The van der Waals surface area contributed by atoms with E-state index in [-0.39, 0.29) is 29.8 Å². The molecule has 2 saturated heterocycles. The smallest absolute Gasteiger partial charge is 0.294 e. The molecule has 0 saturated carbocycles. The van der Waals surface area contributed by atoms with E-state index in [1.165, 1.54) is 12.1 Å². The molecule has 2 heterocycles. The van der Waals surface area contributed by atoms with Crippen molar-refractivity contribution in [3.05, 3.63) is 62.7 Å². The molecule has 2 fully saturated rings. The first kappa shape index (κ1) is 26.2. The lowest BCUT2D eigenvalue weighted by molar-refractivity contribution is -0.136. The summed E-state index contributed by atoms with van der Waals surface area (Å²) in [6.07, 6.45) is 4.56. The molecule has 0 spiro atoms. The lowest BCUT2D eigenvalue weighted by atomic mass is 10.1. The van der Waals surface area contributed by atoms with Crippen LogP contribution < -0.4 is 9.47 Å². The highest BCUT2D eigenvalue weighted by molar-refractivity contribution is 9.10. The Morgan fingerprint density at radius 3 is 2.64 bits per heavy atom. The van der Waals surface area contributed by atoms with E-state index in [0.29, 0.717) is 46.8 Å². The molecule has 0 aliphatic carbocycles. The standard InChI is InChI=1S/C26H26BrFN2O5S/c1-2-34-21-13-18(12-20(27)24(21)35-16-17-7-6-8-19(28)11-17)14-22-25(32)30(26(33)36-22)15-23(31)29-9-4-3-5-10-29/h6-8,11-14H,2-5,9-10,15-16H2,1H3/b22-14-. The molecule has 36 heavy (non-hydrogen) atoms. The topological polar surface area (TPSA) is 76.2 Å². The SMILES string of the molecule is CCOc1cc(/C=C2\SC(=O)N(CC(=O)N3CCCCC3)C2=O)cc(Br)c1OCc1cccc(F)c1. The highest BCUT2D eigenvalue weighted by atomic mass is 79.9. The van der Waals surface area contributed by atoms with Gasteiger partial charge < -0.3 is 14.4 Å². The normalized spacial score (nSPS) is 17.1. The minimum atomic E-state index is -0.490. The lowest BCUT2D eigenvalue weighted by Gasteiger charge is -2.27. The Morgan fingerprint density at radius 2 is 1.92 bits per heavy atom. The maximum absolute atomic E-state index is 13.5. The van der Waals surface area contributed by atoms with Crippen LogP contribution in [0.1, 0.15) is 37.3 Å². The number of benzene rings is 2. The molecule has 2 aliphatic rings. The third kappa shape index (κ3) is 6.28. The maximum Gasteiger partial charge on any atom is 0.294 e. The van der Waals surface area contributed by atoms with E-state index in [1.807, 2.05) is 6.92 Å². The van der Waals surface area contributed by atoms with E-state index in [9.17, 15) is 18.8 Å². The second-order valence-corrected chi connectivity index (χ2v) is 10.2. The molecule has 2 aromatic carbocycles. The molecule has 190 valence electrons. The molecular formula is C26H26BrFN2O5S. The van der Waals surface area contributed by atoms with Crippen LogP contribution in [-0.4, -0.2) is 53.1 Å². The van der Waals surface area contributed by atoms with Crippen molar-refractivity contribution in [3.63, 3.8) is 0 Å². The molecule has 7 nitrogen and oxygen atoms in total. The summed E-state index contributed by atoms with van der Waals surface area (Å²) >= 11 is 4.30. The number of likely N-dealkylation sites (tertiary alicyclic amines) is 1. The Labute approximate surface area is 221 Å². The molecule has 0 unspecified atom stereocenters. The minimum absolute atomic E-state index is 0.139. The quantitative estimate of drug-likeness (QED) is 0.380. The Kier molecular flexibility index (Phi) is 8.68. The Morgan fingerprint density at radius 1 is 1.14 bits per heavy atom. The molecule has 10 heteroatoms. The third-order valence-electron chi connectivity index (χ3n) is 5.78. The highest BCUT2D eigenvalue weighted by Gasteiger charge is 2.37. The summed E-state index contributed by atoms with van der Waals surface area (Å²) in [4.78, 5) is 41.0. The average Bonchev–Trinajstić information content (AvgIpc) is 3.11. The van der Waals surface area contributed by atoms with Gasteiger partial charge in [0.2, 0.25) is 5.91 Å². The van der Waals surface area contributed by atoms with Crippen molar-refractivity contribution < 1.29 is 28.2 Å². The van der Waals surface area contributed by atoms with Crippen LogP contribution in [0.25, 0.3) is 6.08 Å². The van der Waals surface area contributed by atoms with Gasteiger partial charge in [0, 0.05) is 13.1 Å². The monoisotopic (exact) mass is 576 g/mol. The fourth-order valence-electron chi connectivity index (χ4n) is 4.02. The number of ether oxygens (including phenoxy) is 2. The first-order chi connectivity index (χ1) is 17.4. The fourth-order valence-corrected chi connectivity index (χ4v) is 5.44. The molecular weight excluding hydrogens is 551 g/mol. The van der Waals surface area contributed by atoms with Crippen molar-refractivity contribution >= 4 is 50.8 Å². The van der Waals surface area contributed by atoms with Crippen LogP contribution >= 0.6 is 27.7 Å². The second kappa shape index (κ2) is 11.9. The van der Waals surface area contributed by atoms with Crippen molar-refractivity contribution in [2.24, 2.45) is 0 Å². The summed E-state index contributed by atoms with van der Waals surface area (Å²) < 4.78 is 25.7. The van der Waals surface area contributed by atoms with Crippen molar-refractivity contribution in [2.75, 3.05) is 26.2 Å². The third-order valence-corrected chi connectivity index (χ3v) is 7.27. The van der Waals surface area contributed by atoms with Crippen LogP contribution in [0.4, 0.5) is 9.18 Å². The molecule has 0 radical (unpaired) electrons. The van der Waals surface area contributed by atoms with Gasteiger partial charge in [0.1, 0.15) is 19.0 Å². The number of carbonyl (C=O) groups is 3. The fraction of sp³-hybridized carbons (Fsp3) is 0.346. The van der Waals surface area contributed by atoms with E-state index < -0.39 is 11.1 Å². The first-order valence-electron chi connectivity index (χ1n) is 11.7. The Hall–Kier alpha value is -2.85. The van der Waals surface area contributed by atoms with Crippen LogP contribution in [0, 0.1) is 5.82 Å². The van der Waals surface area contributed by atoms with Gasteiger partial charge in [-0.1, -0.05) is 12.1 Å². The summed E-state index contributed by atoms with van der Waals surface area (Å²) in [7, 11) is 0. The van der Waals surface area contributed by atoms with Gasteiger partial charge in [-0.05, 0) is 95.3 Å². The number of hydrogen-bond acceptors (Lipinski definition) is 6. The molecule has 0 atom stereocenters. The van der Waals surface area contributed by atoms with Crippen LogP contribution in [-0.2, 0) is 16.2 Å². The van der Waals surface area contributed by atoms with Crippen molar-refractivity contribution in [3.8, 4) is 11.5 Å². The molecule has 3 amide bonds. The number of hydrogen-bond donors (Lipinski definition) is 0. The molecule has 0 bridgehead atoms. The van der Waals surface area contributed by atoms with E-state index >= 15 is 0 Å². The van der Waals surface area contributed by atoms with Crippen LogP contribution in [0.5, 0.6) is 11.5 Å². The summed E-state index contributed by atoms with van der Waals surface area (Å²) in [5.41, 5.74) is 1.29. The number of halogens is 2. The maximum atomic E-state index is 13.5. The van der Waals surface area contributed by atoms with Crippen molar-refractivity contribution in [1.29, 1.82) is 0 Å². The Balaban J connectivity index is 1.50. The van der Waals surface area contributed by atoms with Gasteiger partial charge in [-0.2, -0.15) is 0 Å². The molecule has 4 rings (SSSR count). The zero-order valence-electron chi connectivity index (χ0n) is 19.8. The van der Waals surface area contributed by atoms with Crippen molar-refractivity contribution in [2.45, 2.75) is 32.8 Å². The summed E-state index contributed by atoms with van der Waals surface area (Å²) in [5, 5.41) is -0.462. The second-order valence-electron chi connectivity index (χ2n) is 8.39. The number of rotatable bonds is 8. The molecule has 0 aromatic heterocycles. The zero-order chi connectivity index (χ0) is 25.7.